The molecule has 0 saturated carbocycles. The Morgan fingerprint density at radius 3 is 3.05 bits per heavy atom. The van der Waals surface area contributed by atoms with Crippen LogP contribution in [0.2, 0.25) is 0 Å². The van der Waals surface area contributed by atoms with E-state index in [0.29, 0.717) is 17.4 Å². The molecule has 7 heteroatoms. The second-order valence-electron chi connectivity index (χ2n) is 5.48. The zero-order valence-corrected chi connectivity index (χ0v) is 12.2. The van der Waals surface area contributed by atoms with Crippen LogP contribution in [0.1, 0.15) is 24.0 Å². The maximum atomic E-state index is 8.84. The van der Waals surface area contributed by atoms with Crippen LogP contribution in [0.25, 0.3) is 11.5 Å². The van der Waals surface area contributed by atoms with Gasteiger partial charge in [0.1, 0.15) is 11.8 Å². The fraction of sp³-hybridized carbons (Fsp3) is 0.500. The van der Waals surface area contributed by atoms with Gasteiger partial charge >= 0.3 is 0 Å². The lowest BCUT2D eigenvalue weighted by Crippen LogP contribution is -2.31. The van der Waals surface area contributed by atoms with Gasteiger partial charge in [0.25, 0.3) is 5.89 Å². The Morgan fingerprint density at radius 2 is 2.29 bits per heavy atom. The highest BCUT2D eigenvalue weighted by atomic mass is 16.5. The number of aromatic amines is 1. The van der Waals surface area contributed by atoms with Crippen molar-refractivity contribution in [2.75, 3.05) is 33.7 Å². The van der Waals surface area contributed by atoms with Crippen molar-refractivity contribution in [3.8, 4) is 17.5 Å². The van der Waals surface area contributed by atoms with Crippen LogP contribution in [0.5, 0.6) is 0 Å². The number of nitriles is 1. The number of likely N-dealkylation sites (N-methyl/N-ethyl adjacent to an activating group) is 2. The molecular formula is C14H18N6O. The average Bonchev–Trinajstić information content (AvgIpc) is 3.10. The number of nitrogens with one attached hydrogen (secondary N) is 1. The van der Waals surface area contributed by atoms with Crippen molar-refractivity contribution in [1.82, 2.24) is 24.9 Å². The van der Waals surface area contributed by atoms with Crippen molar-refractivity contribution >= 4 is 0 Å². The van der Waals surface area contributed by atoms with E-state index < -0.39 is 0 Å². The van der Waals surface area contributed by atoms with Crippen LogP contribution >= 0.6 is 0 Å². The number of H-pyrrole nitrogens is 1. The molecule has 1 fully saturated rings. The van der Waals surface area contributed by atoms with Crippen LogP contribution in [0.15, 0.2) is 16.8 Å². The molecule has 2 aromatic rings. The van der Waals surface area contributed by atoms with Gasteiger partial charge in [-0.2, -0.15) is 10.2 Å². The summed E-state index contributed by atoms with van der Waals surface area (Å²) >= 11 is 0. The smallest absolute Gasteiger partial charge is 0.259 e. The quantitative estimate of drug-likeness (QED) is 0.894. The summed E-state index contributed by atoms with van der Waals surface area (Å²) in [5.41, 5.74) is 1.23. The minimum Gasteiger partial charge on any atom is -0.352 e. The minimum atomic E-state index is 0.129. The Morgan fingerprint density at radius 1 is 1.43 bits per heavy atom. The van der Waals surface area contributed by atoms with E-state index in [-0.39, 0.29) is 6.04 Å². The van der Waals surface area contributed by atoms with Crippen molar-refractivity contribution in [3.05, 3.63) is 23.8 Å². The fourth-order valence-corrected chi connectivity index (χ4v) is 2.62. The lowest BCUT2D eigenvalue weighted by atomic mass is 10.2. The van der Waals surface area contributed by atoms with E-state index in [1.54, 1.807) is 12.3 Å². The van der Waals surface area contributed by atoms with Gasteiger partial charge in [-0.1, -0.05) is 5.16 Å². The maximum Gasteiger partial charge on any atom is 0.259 e. The highest BCUT2D eigenvalue weighted by molar-refractivity contribution is 5.54. The topological polar surface area (TPSA) is 85.0 Å². The third-order valence-corrected chi connectivity index (χ3v) is 3.86. The van der Waals surface area contributed by atoms with Crippen molar-refractivity contribution in [3.63, 3.8) is 0 Å². The van der Waals surface area contributed by atoms with Gasteiger partial charge in [0.2, 0.25) is 0 Å². The number of hydrogen-bond acceptors (Lipinski definition) is 6. The standard InChI is InChI=1S/C14H18N6O/c1-19-4-3-5-20(2)12(9-19)13-17-14(21-18-13)10-6-11(7-15)16-8-10/h6,8,12,16H,3-5,9H2,1-2H3. The molecule has 0 bridgehead atoms. The Balaban J connectivity index is 1.85. The van der Waals surface area contributed by atoms with E-state index in [0.717, 1.165) is 31.6 Å². The maximum absolute atomic E-state index is 8.84. The predicted molar refractivity (Wildman–Crippen MR) is 76.3 cm³/mol. The van der Waals surface area contributed by atoms with Crippen LogP contribution in [0, 0.1) is 11.3 Å². The molecule has 0 aliphatic carbocycles. The molecule has 21 heavy (non-hydrogen) atoms. The second kappa shape index (κ2) is 5.68. The minimum absolute atomic E-state index is 0.129. The molecule has 7 nitrogen and oxygen atoms in total. The highest BCUT2D eigenvalue weighted by Crippen LogP contribution is 2.24. The van der Waals surface area contributed by atoms with Crippen molar-refractivity contribution in [2.45, 2.75) is 12.5 Å². The Labute approximate surface area is 123 Å². The molecule has 1 unspecified atom stereocenters. The van der Waals surface area contributed by atoms with Gasteiger partial charge in [-0.3, -0.25) is 4.90 Å². The van der Waals surface area contributed by atoms with Gasteiger partial charge in [-0.25, -0.2) is 0 Å². The molecule has 1 N–H and O–H groups in total. The van der Waals surface area contributed by atoms with Gasteiger partial charge in [-0.15, -0.1) is 0 Å². The first-order chi connectivity index (χ1) is 10.2. The van der Waals surface area contributed by atoms with Crippen LogP contribution in [0.3, 0.4) is 0 Å². The Bertz CT molecular complexity index is 654. The summed E-state index contributed by atoms with van der Waals surface area (Å²) in [4.78, 5) is 11.9. The third-order valence-electron chi connectivity index (χ3n) is 3.86. The van der Waals surface area contributed by atoms with E-state index in [4.69, 9.17) is 9.78 Å². The molecule has 110 valence electrons. The molecule has 1 atom stereocenters. The van der Waals surface area contributed by atoms with Crippen LogP contribution in [-0.2, 0) is 0 Å². The van der Waals surface area contributed by atoms with E-state index in [1.807, 2.05) is 6.07 Å². The van der Waals surface area contributed by atoms with Crippen molar-refractivity contribution < 1.29 is 4.52 Å². The summed E-state index contributed by atoms with van der Waals surface area (Å²) < 4.78 is 5.35. The molecule has 3 rings (SSSR count). The van der Waals surface area contributed by atoms with E-state index in [1.165, 1.54) is 0 Å². The Kier molecular flexibility index (Phi) is 3.73. The molecule has 1 aliphatic heterocycles. The zero-order chi connectivity index (χ0) is 14.8. The summed E-state index contributed by atoms with van der Waals surface area (Å²) in [5, 5.41) is 13.0. The van der Waals surface area contributed by atoms with Crippen LogP contribution in [-0.4, -0.2) is 58.7 Å². The lowest BCUT2D eigenvalue weighted by Gasteiger charge is -2.24. The van der Waals surface area contributed by atoms with Crippen molar-refractivity contribution in [2.24, 2.45) is 0 Å². The van der Waals surface area contributed by atoms with Gasteiger partial charge in [0.05, 0.1) is 11.6 Å². The monoisotopic (exact) mass is 286 g/mol. The van der Waals surface area contributed by atoms with E-state index >= 15 is 0 Å². The number of hydrogen-bond donors (Lipinski definition) is 1. The average molecular weight is 286 g/mol. The largest absolute Gasteiger partial charge is 0.352 e. The van der Waals surface area contributed by atoms with Gasteiger partial charge in [0, 0.05) is 12.7 Å². The SMILES string of the molecule is CN1CCCN(C)C(c2noc(-c3c[nH]c(C#N)c3)n2)C1. The first-order valence-electron chi connectivity index (χ1n) is 6.98. The van der Waals surface area contributed by atoms with Crippen LogP contribution in [0.4, 0.5) is 0 Å². The molecular weight excluding hydrogens is 268 g/mol. The molecule has 0 aromatic carbocycles. The normalized spacial score (nSPS) is 21.1. The lowest BCUT2D eigenvalue weighted by molar-refractivity contribution is 0.215. The van der Waals surface area contributed by atoms with Gasteiger partial charge in [0.15, 0.2) is 5.82 Å². The summed E-state index contributed by atoms with van der Waals surface area (Å²) in [6.07, 6.45) is 2.84. The molecule has 0 spiro atoms. The molecule has 2 aromatic heterocycles. The van der Waals surface area contributed by atoms with Crippen LogP contribution < -0.4 is 0 Å². The summed E-state index contributed by atoms with van der Waals surface area (Å²) in [7, 11) is 4.20. The first kappa shape index (κ1) is 13.8. The highest BCUT2D eigenvalue weighted by Gasteiger charge is 2.26. The molecule has 0 amide bonds. The fourth-order valence-electron chi connectivity index (χ4n) is 2.62. The summed E-state index contributed by atoms with van der Waals surface area (Å²) in [6.45, 7) is 2.97. The second-order valence-corrected chi connectivity index (χ2v) is 5.48. The van der Waals surface area contributed by atoms with Gasteiger partial charge in [-0.05, 0) is 39.7 Å². The zero-order valence-electron chi connectivity index (χ0n) is 12.2. The Hall–Kier alpha value is -2.17. The molecule has 3 heterocycles. The molecule has 1 aliphatic rings. The van der Waals surface area contributed by atoms with E-state index in [9.17, 15) is 0 Å². The van der Waals surface area contributed by atoms with Gasteiger partial charge < -0.3 is 14.4 Å². The first-order valence-corrected chi connectivity index (χ1v) is 6.98. The summed E-state index contributed by atoms with van der Waals surface area (Å²) in [5.74, 6) is 1.14. The van der Waals surface area contributed by atoms with Crippen molar-refractivity contribution in [1.29, 1.82) is 5.26 Å². The number of rotatable bonds is 2. The molecule has 1 saturated heterocycles. The summed E-state index contributed by atoms with van der Waals surface area (Å²) in [6, 6.07) is 3.89. The number of nitrogens with zero attached hydrogens (tertiary/aromatic N) is 5. The van der Waals surface area contributed by atoms with E-state index in [2.05, 4.69) is 39.0 Å². The third kappa shape index (κ3) is 2.82. The predicted octanol–water partition coefficient (Wildman–Crippen LogP) is 1.24. The molecule has 0 radical (unpaired) electrons. The number of aromatic nitrogens is 3.